The Morgan fingerprint density at radius 2 is 2.27 bits per heavy atom. The van der Waals surface area contributed by atoms with Crippen LogP contribution in [0, 0.1) is 0 Å². The lowest BCUT2D eigenvalue weighted by Gasteiger charge is -2.10. The highest BCUT2D eigenvalue weighted by Gasteiger charge is 2.15. The quantitative estimate of drug-likeness (QED) is 0.488. The monoisotopic (exact) mass is 158 g/mol. The Morgan fingerprint density at radius 3 is 2.64 bits per heavy atom. The SMILES string of the molecule is C=CCC(O)C(=O)OC(C)C. The predicted octanol–water partition coefficient (Wildman–Crippen LogP) is 0.875. The third kappa shape index (κ3) is 4.56. The molecule has 11 heavy (non-hydrogen) atoms. The van der Waals surface area contributed by atoms with Gasteiger partial charge in [0.1, 0.15) is 0 Å². The second-order valence-electron chi connectivity index (χ2n) is 2.53. The summed E-state index contributed by atoms with van der Waals surface area (Å²) in [4.78, 5) is 10.8. The molecule has 0 aromatic rings. The maximum absolute atomic E-state index is 10.8. The average Bonchev–Trinajstić information content (AvgIpc) is 1.86. The van der Waals surface area contributed by atoms with E-state index in [1.54, 1.807) is 13.8 Å². The smallest absolute Gasteiger partial charge is 0.335 e. The number of ether oxygens (including phenoxy) is 1. The first kappa shape index (κ1) is 10.2. The van der Waals surface area contributed by atoms with E-state index in [4.69, 9.17) is 9.84 Å². The van der Waals surface area contributed by atoms with Gasteiger partial charge < -0.3 is 9.84 Å². The number of hydrogen-bond donors (Lipinski definition) is 1. The van der Waals surface area contributed by atoms with Gasteiger partial charge in [-0.25, -0.2) is 4.79 Å². The van der Waals surface area contributed by atoms with E-state index in [9.17, 15) is 4.79 Å². The van der Waals surface area contributed by atoms with Gasteiger partial charge in [0.15, 0.2) is 6.10 Å². The van der Waals surface area contributed by atoms with Crippen molar-refractivity contribution in [3.05, 3.63) is 12.7 Å². The van der Waals surface area contributed by atoms with E-state index in [0.717, 1.165) is 0 Å². The first-order valence-electron chi connectivity index (χ1n) is 3.57. The van der Waals surface area contributed by atoms with Crippen LogP contribution in [0.15, 0.2) is 12.7 Å². The van der Waals surface area contributed by atoms with Crippen molar-refractivity contribution in [1.29, 1.82) is 0 Å². The lowest BCUT2D eigenvalue weighted by Crippen LogP contribution is -2.25. The summed E-state index contributed by atoms with van der Waals surface area (Å²) >= 11 is 0. The molecule has 1 atom stereocenters. The summed E-state index contributed by atoms with van der Waals surface area (Å²) < 4.78 is 4.73. The third-order valence-corrected chi connectivity index (χ3v) is 1.01. The van der Waals surface area contributed by atoms with Gasteiger partial charge in [0.05, 0.1) is 6.10 Å². The summed E-state index contributed by atoms with van der Waals surface area (Å²) in [5, 5.41) is 9.02. The van der Waals surface area contributed by atoms with Gasteiger partial charge in [-0.2, -0.15) is 0 Å². The van der Waals surface area contributed by atoms with E-state index < -0.39 is 12.1 Å². The molecule has 0 rings (SSSR count). The molecular formula is C8H14O3. The van der Waals surface area contributed by atoms with Crippen LogP contribution in [0.1, 0.15) is 20.3 Å². The molecule has 0 saturated heterocycles. The van der Waals surface area contributed by atoms with Crippen molar-refractivity contribution in [2.24, 2.45) is 0 Å². The maximum Gasteiger partial charge on any atom is 0.335 e. The molecule has 0 heterocycles. The Balaban J connectivity index is 3.72. The zero-order valence-electron chi connectivity index (χ0n) is 6.91. The fraction of sp³-hybridized carbons (Fsp3) is 0.625. The van der Waals surface area contributed by atoms with Crippen molar-refractivity contribution in [2.45, 2.75) is 32.5 Å². The van der Waals surface area contributed by atoms with Crippen LogP contribution in [0.3, 0.4) is 0 Å². The zero-order chi connectivity index (χ0) is 8.85. The summed E-state index contributed by atoms with van der Waals surface area (Å²) in [5.74, 6) is -0.583. The summed E-state index contributed by atoms with van der Waals surface area (Å²) in [6.45, 7) is 6.86. The standard InChI is InChI=1S/C8H14O3/c1-4-5-7(9)8(10)11-6(2)3/h4,6-7,9H,1,5H2,2-3H3. The van der Waals surface area contributed by atoms with Crippen LogP contribution in [0.25, 0.3) is 0 Å². The molecule has 0 bridgehead atoms. The van der Waals surface area contributed by atoms with Crippen LogP contribution in [-0.2, 0) is 9.53 Å². The lowest BCUT2D eigenvalue weighted by molar-refractivity contribution is -0.157. The Kier molecular flexibility index (Phi) is 4.54. The minimum atomic E-state index is -1.06. The Labute approximate surface area is 66.7 Å². The van der Waals surface area contributed by atoms with Crippen LogP contribution in [-0.4, -0.2) is 23.3 Å². The molecule has 0 spiro atoms. The second kappa shape index (κ2) is 4.91. The van der Waals surface area contributed by atoms with Gasteiger partial charge >= 0.3 is 5.97 Å². The molecule has 0 aliphatic heterocycles. The Morgan fingerprint density at radius 1 is 1.73 bits per heavy atom. The summed E-state index contributed by atoms with van der Waals surface area (Å²) in [6, 6.07) is 0. The minimum Gasteiger partial charge on any atom is -0.461 e. The Bertz CT molecular complexity index is 140. The first-order valence-corrected chi connectivity index (χ1v) is 3.57. The molecule has 0 aliphatic carbocycles. The van der Waals surface area contributed by atoms with Crippen LogP contribution in [0.2, 0.25) is 0 Å². The van der Waals surface area contributed by atoms with Gasteiger partial charge in [0, 0.05) is 6.42 Å². The van der Waals surface area contributed by atoms with E-state index in [0.29, 0.717) is 0 Å². The highest BCUT2D eigenvalue weighted by molar-refractivity contribution is 5.74. The van der Waals surface area contributed by atoms with Crippen LogP contribution in [0.5, 0.6) is 0 Å². The molecule has 0 amide bonds. The van der Waals surface area contributed by atoms with Crippen molar-refractivity contribution in [3.8, 4) is 0 Å². The number of carbonyl (C=O) groups is 1. The number of esters is 1. The normalized spacial score (nSPS) is 12.7. The van der Waals surface area contributed by atoms with Crippen molar-refractivity contribution in [1.82, 2.24) is 0 Å². The van der Waals surface area contributed by atoms with Crippen molar-refractivity contribution in [2.75, 3.05) is 0 Å². The highest BCUT2D eigenvalue weighted by Crippen LogP contribution is 1.98. The molecule has 0 aromatic heterocycles. The molecule has 0 aromatic carbocycles. The van der Waals surface area contributed by atoms with Crippen molar-refractivity contribution in [3.63, 3.8) is 0 Å². The summed E-state index contributed by atoms with van der Waals surface area (Å²) in [5.41, 5.74) is 0. The summed E-state index contributed by atoms with van der Waals surface area (Å²) in [6.07, 6.45) is 0.481. The first-order chi connectivity index (χ1) is 5.07. The van der Waals surface area contributed by atoms with E-state index in [-0.39, 0.29) is 12.5 Å². The van der Waals surface area contributed by atoms with Gasteiger partial charge in [-0.15, -0.1) is 6.58 Å². The minimum absolute atomic E-state index is 0.179. The topological polar surface area (TPSA) is 46.5 Å². The van der Waals surface area contributed by atoms with Gasteiger partial charge in [0.2, 0.25) is 0 Å². The molecule has 0 aliphatic rings. The van der Waals surface area contributed by atoms with Crippen molar-refractivity contribution >= 4 is 5.97 Å². The van der Waals surface area contributed by atoms with Crippen LogP contribution in [0.4, 0.5) is 0 Å². The van der Waals surface area contributed by atoms with Gasteiger partial charge in [-0.05, 0) is 13.8 Å². The highest BCUT2D eigenvalue weighted by atomic mass is 16.6. The van der Waals surface area contributed by atoms with E-state index in [1.807, 2.05) is 0 Å². The molecule has 0 radical (unpaired) electrons. The van der Waals surface area contributed by atoms with Gasteiger partial charge in [0.25, 0.3) is 0 Å². The van der Waals surface area contributed by atoms with E-state index in [1.165, 1.54) is 6.08 Å². The van der Waals surface area contributed by atoms with Crippen molar-refractivity contribution < 1.29 is 14.6 Å². The molecule has 64 valence electrons. The number of hydrogen-bond acceptors (Lipinski definition) is 3. The number of aliphatic hydroxyl groups is 1. The van der Waals surface area contributed by atoms with Crippen LogP contribution < -0.4 is 0 Å². The second-order valence-corrected chi connectivity index (χ2v) is 2.53. The zero-order valence-corrected chi connectivity index (χ0v) is 6.91. The van der Waals surface area contributed by atoms with Gasteiger partial charge in [-0.3, -0.25) is 0 Å². The molecule has 0 fully saturated rings. The van der Waals surface area contributed by atoms with E-state index in [2.05, 4.69) is 6.58 Å². The predicted molar refractivity (Wildman–Crippen MR) is 42.0 cm³/mol. The fourth-order valence-electron chi connectivity index (χ4n) is 0.565. The molecule has 3 nitrogen and oxygen atoms in total. The molecule has 1 unspecified atom stereocenters. The number of carbonyl (C=O) groups excluding carboxylic acids is 1. The number of rotatable bonds is 4. The lowest BCUT2D eigenvalue weighted by atomic mass is 10.2. The van der Waals surface area contributed by atoms with Crippen LogP contribution >= 0.6 is 0 Å². The van der Waals surface area contributed by atoms with Gasteiger partial charge in [-0.1, -0.05) is 6.08 Å². The largest absolute Gasteiger partial charge is 0.461 e. The molecular weight excluding hydrogens is 144 g/mol. The molecule has 1 N–H and O–H groups in total. The summed E-state index contributed by atoms with van der Waals surface area (Å²) in [7, 11) is 0. The molecule has 0 saturated carbocycles. The molecule has 3 heteroatoms. The van der Waals surface area contributed by atoms with E-state index >= 15 is 0 Å². The fourth-order valence-corrected chi connectivity index (χ4v) is 0.565. The number of aliphatic hydroxyl groups excluding tert-OH is 1. The third-order valence-electron chi connectivity index (χ3n) is 1.01. The maximum atomic E-state index is 10.8. The Hall–Kier alpha value is -0.830. The average molecular weight is 158 g/mol.